The molecule has 9 heavy (non-hydrogen) atoms. The molecule has 0 radical (unpaired) electrons. The molecule has 0 fully saturated rings. The molecule has 0 aromatic carbocycles. The van der Waals surface area contributed by atoms with Gasteiger partial charge in [0, 0.05) is 6.42 Å². The van der Waals surface area contributed by atoms with Crippen LogP contribution in [0.3, 0.4) is 0 Å². The fraction of sp³-hybridized carbons (Fsp3) is 0.429. The summed E-state index contributed by atoms with van der Waals surface area (Å²) in [6.07, 6.45) is 5.83. The van der Waals surface area contributed by atoms with Gasteiger partial charge in [0.05, 0.1) is 5.57 Å². The van der Waals surface area contributed by atoms with E-state index in [1.54, 1.807) is 0 Å². The molecular weight excluding hydrogens is 112 g/mol. The van der Waals surface area contributed by atoms with E-state index in [0.29, 0.717) is 0 Å². The third-order valence-electron chi connectivity index (χ3n) is 1.33. The van der Waals surface area contributed by atoms with Crippen LogP contribution >= 0.6 is 0 Å². The standard InChI is InChI=1S/C7H9N2/c1-9-4-2-3-7(5-8)6-9/h4,6H,2-3H2,1H3/q+1. The molecule has 0 saturated heterocycles. The van der Waals surface area contributed by atoms with Crippen LogP contribution < -0.4 is 0 Å². The van der Waals surface area contributed by atoms with Gasteiger partial charge in [-0.15, -0.1) is 0 Å². The summed E-state index contributed by atoms with van der Waals surface area (Å²) in [6.45, 7) is 0. The van der Waals surface area contributed by atoms with Crippen molar-refractivity contribution in [2.75, 3.05) is 7.05 Å². The van der Waals surface area contributed by atoms with E-state index >= 15 is 0 Å². The summed E-state index contributed by atoms with van der Waals surface area (Å²) >= 11 is 0. The number of hydrogen-bond acceptors (Lipinski definition) is 1. The van der Waals surface area contributed by atoms with Crippen LogP contribution in [0.15, 0.2) is 11.8 Å². The first-order valence-electron chi connectivity index (χ1n) is 2.99. The SMILES string of the molecule is C[N+]1=CCCC(C#N)=C1. The van der Waals surface area contributed by atoms with Gasteiger partial charge in [-0.25, -0.2) is 4.58 Å². The second-order valence-electron chi connectivity index (χ2n) is 2.15. The maximum Gasteiger partial charge on any atom is 0.181 e. The fourth-order valence-corrected chi connectivity index (χ4v) is 0.872. The molecule has 1 rings (SSSR count). The Bertz CT molecular complexity index is 205. The number of hydrogen-bond donors (Lipinski definition) is 0. The number of nitrogens with zero attached hydrogens (tertiary/aromatic N) is 2. The van der Waals surface area contributed by atoms with E-state index in [1.807, 2.05) is 17.8 Å². The summed E-state index contributed by atoms with van der Waals surface area (Å²) in [6, 6.07) is 2.13. The summed E-state index contributed by atoms with van der Waals surface area (Å²) in [5, 5.41) is 8.45. The van der Waals surface area contributed by atoms with Crippen LogP contribution in [0.1, 0.15) is 12.8 Å². The molecular formula is C7H9N2+. The quantitative estimate of drug-likeness (QED) is 0.437. The molecule has 0 atom stereocenters. The van der Waals surface area contributed by atoms with E-state index in [4.69, 9.17) is 5.26 Å². The Hall–Kier alpha value is -1.10. The van der Waals surface area contributed by atoms with Gasteiger partial charge >= 0.3 is 0 Å². The molecule has 2 heteroatoms. The summed E-state index contributed by atoms with van der Waals surface area (Å²) in [4.78, 5) is 0. The van der Waals surface area contributed by atoms with Crippen molar-refractivity contribution < 1.29 is 4.58 Å². The first kappa shape index (κ1) is 6.03. The van der Waals surface area contributed by atoms with Crippen molar-refractivity contribution >= 4 is 6.21 Å². The minimum absolute atomic E-state index is 0.875. The zero-order valence-corrected chi connectivity index (χ0v) is 5.46. The Kier molecular flexibility index (Phi) is 1.64. The predicted molar refractivity (Wildman–Crippen MR) is 35.2 cm³/mol. The third-order valence-corrected chi connectivity index (χ3v) is 1.33. The van der Waals surface area contributed by atoms with Gasteiger partial charge in [-0.2, -0.15) is 5.26 Å². The Balaban J connectivity index is 2.78. The number of rotatable bonds is 0. The van der Waals surface area contributed by atoms with Gasteiger partial charge in [0.25, 0.3) is 0 Å². The molecule has 0 saturated carbocycles. The predicted octanol–water partition coefficient (Wildman–Crippen LogP) is 0.901. The molecule has 0 aliphatic carbocycles. The van der Waals surface area contributed by atoms with Crippen LogP contribution in [0, 0.1) is 11.3 Å². The lowest BCUT2D eigenvalue weighted by molar-refractivity contribution is -0.420. The van der Waals surface area contributed by atoms with Crippen LogP contribution in [0.4, 0.5) is 0 Å². The van der Waals surface area contributed by atoms with Crippen LogP contribution in [0.25, 0.3) is 0 Å². The lowest BCUT2D eigenvalue weighted by Crippen LogP contribution is -2.04. The summed E-state index contributed by atoms with van der Waals surface area (Å²) in [5.74, 6) is 0. The number of allylic oxidation sites excluding steroid dienone is 1. The lowest BCUT2D eigenvalue weighted by Gasteiger charge is -1.97. The molecule has 0 N–H and O–H groups in total. The molecule has 0 aromatic rings. The zero-order chi connectivity index (χ0) is 6.69. The normalized spacial score (nSPS) is 17.8. The molecule has 0 bridgehead atoms. The molecule has 1 aliphatic rings. The van der Waals surface area contributed by atoms with Crippen molar-refractivity contribution in [3.8, 4) is 6.07 Å². The molecule has 0 aromatic heterocycles. The number of nitriles is 1. The molecule has 46 valence electrons. The average molecular weight is 121 g/mol. The summed E-state index contributed by atoms with van der Waals surface area (Å²) < 4.78 is 1.93. The molecule has 1 heterocycles. The first-order chi connectivity index (χ1) is 4.33. The minimum atomic E-state index is 0.875. The molecule has 0 spiro atoms. The molecule has 1 aliphatic heterocycles. The Labute approximate surface area is 54.7 Å². The average Bonchev–Trinajstić information content (AvgIpc) is 1.88. The topological polar surface area (TPSA) is 26.8 Å². The maximum atomic E-state index is 8.45. The van der Waals surface area contributed by atoms with Gasteiger partial charge in [0.1, 0.15) is 19.3 Å². The largest absolute Gasteiger partial charge is 0.211 e. The highest BCUT2D eigenvalue weighted by Crippen LogP contribution is 2.05. The van der Waals surface area contributed by atoms with Crippen LogP contribution in [0.5, 0.6) is 0 Å². The van der Waals surface area contributed by atoms with Crippen molar-refractivity contribution in [2.45, 2.75) is 12.8 Å². The molecule has 0 amide bonds. The monoisotopic (exact) mass is 121 g/mol. The first-order valence-corrected chi connectivity index (χ1v) is 2.99. The highest BCUT2D eigenvalue weighted by molar-refractivity contribution is 5.54. The summed E-state index contributed by atoms with van der Waals surface area (Å²) in [5.41, 5.74) is 0.875. The van der Waals surface area contributed by atoms with E-state index in [2.05, 4.69) is 12.3 Å². The van der Waals surface area contributed by atoms with Gasteiger partial charge in [0.15, 0.2) is 6.20 Å². The maximum absolute atomic E-state index is 8.45. The van der Waals surface area contributed by atoms with Crippen LogP contribution in [-0.4, -0.2) is 17.8 Å². The highest BCUT2D eigenvalue weighted by Gasteiger charge is 2.05. The van der Waals surface area contributed by atoms with Gasteiger partial charge in [-0.05, 0) is 6.42 Å². The van der Waals surface area contributed by atoms with E-state index in [1.165, 1.54) is 0 Å². The van der Waals surface area contributed by atoms with Crippen LogP contribution in [0.2, 0.25) is 0 Å². The van der Waals surface area contributed by atoms with Gasteiger partial charge in [-0.3, -0.25) is 0 Å². The van der Waals surface area contributed by atoms with E-state index in [-0.39, 0.29) is 0 Å². The minimum Gasteiger partial charge on any atom is -0.211 e. The summed E-state index contributed by atoms with van der Waals surface area (Å²) in [7, 11) is 1.94. The van der Waals surface area contributed by atoms with Gasteiger partial charge in [0.2, 0.25) is 0 Å². The van der Waals surface area contributed by atoms with Crippen molar-refractivity contribution in [3.05, 3.63) is 11.8 Å². The van der Waals surface area contributed by atoms with Crippen molar-refractivity contribution in [2.24, 2.45) is 0 Å². The van der Waals surface area contributed by atoms with E-state index < -0.39 is 0 Å². The van der Waals surface area contributed by atoms with Crippen molar-refractivity contribution in [1.82, 2.24) is 0 Å². The second kappa shape index (κ2) is 2.45. The smallest absolute Gasteiger partial charge is 0.181 e. The van der Waals surface area contributed by atoms with Crippen molar-refractivity contribution in [3.63, 3.8) is 0 Å². The Morgan fingerprint density at radius 2 is 2.56 bits per heavy atom. The van der Waals surface area contributed by atoms with Crippen LogP contribution in [-0.2, 0) is 0 Å². The molecule has 0 unspecified atom stereocenters. The van der Waals surface area contributed by atoms with E-state index in [0.717, 1.165) is 18.4 Å². The second-order valence-corrected chi connectivity index (χ2v) is 2.15. The third kappa shape index (κ3) is 1.39. The molecule has 2 nitrogen and oxygen atoms in total. The van der Waals surface area contributed by atoms with Gasteiger partial charge in [-0.1, -0.05) is 0 Å². The fourth-order valence-electron chi connectivity index (χ4n) is 0.872. The lowest BCUT2D eigenvalue weighted by atomic mass is 10.1. The Morgan fingerprint density at radius 1 is 1.78 bits per heavy atom. The van der Waals surface area contributed by atoms with E-state index in [9.17, 15) is 0 Å². The Morgan fingerprint density at radius 3 is 3.00 bits per heavy atom. The van der Waals surface area contributed by atoms with Gasteiger partial charge < -0.3 is 0 Å². The zero-order valence-electron chi connectivity index (χ0n) is 5.46. The highest BCUT2D eigenvalue weighted by atomic mass is 14.9. The van der Waals surface area contributed by atoms with Crippen molar-refractivity contribution in [1.29, 1.82) is 5.26 Å².